The maximum atomic E-state index is 14.1. The second kappa shape index (κ2) is 8.53. The summed E-state index contributed by atoms with van der Waals surface area (Å²) < 4.78 is 28.9. The van der Waals surface area contributed by atoms with Crippen LogP contribution in [0.1, 0.15) is 40.5 Å². The normalized spacial score (nSPS) is 16.3. The van der Waals surface area contributed by atoms with E-state index in [9.17, 15) is 18.4 Å². The molecular weight excluding hydrogens is 430 g/mol. The molecule has 5 rings (SSSR count). The van der Waals surface area contributed by atoms with E-state index in [2.05, 4.69) is 20.3 Å². The number of nitrogens with one attached hydrogen (secondary N) is 1. The molecule has 0 aliphatic carbocycles. The number of piperidine rings is 1. The zero-order valence-electron chi connectivity index (χ0n) is 17.5. The molecule has 2 aromatic heterocycles. The molecule has 1 atom stereocenters. The van der Waals surface area contributed by atoms with Gasteiger partial charge in [0.25, 0.3) is 11.5 Å². The molecule has 168 valence electrons. The first-order chi connectivity index (χ1) is 16.0. The van der Waals surface area contributed by atoms with Gasteiger partial charge in [0.15, 0.2) is 11.2 Å². The number of fused-ring (bicyclic) bond motifs is 1. The number of halogens is 2. The molecule has 8 nitrogen and oxygen atoms in total. The summed E-state index contributed by atoms with van der Waals surface area (Å²) >= 11 is 0. The number of benzene rings is 2. The van der Waals surface area contributed by atoms with Crippen molar-refractivity contribution in [3.63, 3.8) is 0 Å². The third-order valence-electron chi connectivity index (χ3n) is 5.82. The first-order valence-corrected chi connectivity index (χ1v) is 10.6. The van der Waals surface area contributed by atoms with E-state index in [0.717, 1.165) is 17.7 Å². The highest BCUT2D eigenvalue weighted by Crippen LogP contribution is 2.26. The highest BCUT2D eigenvalue weighted by atomic mass is 19.1. The zero-order valence-corrected chi connectivity index (χ0v) is 17.5. The van der Waals surface area contributed by atoms with Gasteiger partial charge in [-0.1, -0.05) is 35.5 Å². The molecule has 0 radical (unpaired) electrons. The predicted octanol–water partition coefficient (Wildman–Crippen LogP) is 2.86. The first kappa shape index (κ1) is 20.9. The number of amides is 1. The third kappa shape index (κ3) is 4.11. The molecule has 0 saturated carbocycles. The van der Waals surface area contributed by atoms with Crippen LogP contribution in [0.5, 0.6) is 0 Å². The van der Waals surface area contributed by atoms with Gasteiger partial charge in [-0.05, 0) is 30.5 Å². The molecule has 1 amide bonds. The van der Waals surface area contributed by atoms with Crippen molar-refractivity contribution in [2.45, 2.75) is 25.3 Å². The quantitative estimate of drug-likeness (QED) is 0.516. The number of carbonyl (C=O) groups excluding carboxylic acids is 1. The number of H-pyrrole nitrogens is 1. The molecule has 0 spiro atoms. The second-order valence-electron chi connectivity index (χ2n) is 8.07. The minimum absolute atomic E-state index is 0.145. The Morgan fingerprint density at radius 2 is 1.97 bits per heavy atom. The molecule has 1 saturated heterocycles. The Balaban J connectivity index is 1.43. The van der Waals surface area contributed by atoms with Crippen LogP contribution in [-0.2, 0) is 6.54 Å². The number of likely N-dealkylation sites (tertiary alicyclic amines) is 1. The monoisotopic (exact) mass is 450 g/mol. The van der Waals surface area contributed by atoms with E-state index in [4.69, 9.17) is 0 Å². The lowest BCUT2D eigenvalue weighted by atomic mass is 9.96. The van der Waals surface area contributed by atoms with Gasteiger partial charge in [-0.15, -0.1) is 5.10 Å². The molecule has 1 aliphatic rings. The molecule has 1 unspecified atom stereocenters. The average Bonchev–Trinajstić information content (AvgIpc) is 3.22. The van der Waals surface area contributed by atoms with Gasteiger partial charge in [0.05, 0.1) is 12.1 Å². The minimum atomic E-state index is -0.897. The van der Waals surface area contributed by atoms with Crippen molar-refractivity contribution in [1.29, 1.82) is 0 Å². The van der Waals surface area contributed by atoms with Crippen molar-refractivity contribution in [2.75, 3.05) is 13.1 Å². The van der Waals surface area contributed by atoms with Crippen LogP contribution in [0.2, 0.25) is 0 Å². The van der Waals surface area contributed by atoms with Crippen LogP contribution in [0, 0.1) is 11.6 Å². The molecule has 33 heavy (non-hydrogen) atoms. The number of carbonyl (C=O) groups is 1. The van der Waals surface area contributed by atoms with Crippen molar-refractivity contribution >= 4 is 17.1 Å². The van der Waals surface area contributed by atoms with Crippen LogP contribution in [0.4, 0.5) is 8.78 Å². The summed E-state index contributed by atoms with van der Waals surface area (Å²) in [5.41, 5.74) is 0.919. The van der Waals surface area contributed by atoms with Crippen molar-refractivity contribution < 1.29 is 13.6 Å². The van der Waals surface area contributed by atoms with Crippen molar-refractivity contribution in [3.8, 4) is 0 Å². The fourth-order valence-corrected chi connectivity index (χ4v) is 4.16. The van der Waals surface area contributed by atoms with E-state index >= 15 is 0 Å². The van der Waals surface area contributed by atoms with Crippen LogP contribution >= 0.6 is 0 Å². The average molecular weight is 450 g/mol. The van der Waals surface area contributed by atoms with Gasteiger partial charge < -0.3 is 9.88 Å². The molecular formula is C23H20F2N6O2. The van der Waals surface area contributed by atoms with Gasteiger partial charge in [0.2, 0.25) is 0 Å². The molecule has 1 fully saturated rings. The van der Waals surface area contributed by atoms with Crippen LogP contribution in [0.3, 0.4) is 0 Å². The predicted molar refractivity (Wildman–Crippen MR) is 116 cm³/mol. The van der Waals surface area contributed by atoms with E-state index in [1.165, 1.54) is 4.90 Å². The Morgan fingerprint density at radius 3 is 2.76 bits per heavy atom. The third-order valence-corrected chi connectivity index (χ3v) is 5.82. The number of rotatable bonds is 4. The van der Waals surface area contributed by atoms with E-state index in [1.807, 2.05) is 30.3 Å². The van der Waals surface area contributed by atoms with Gasteiger partial charge in [0, 0.05) is 25.1 Å². The summed E-state index contributed by atoms with van der Waals surface area (Å²) in [6.07, 6.45) is 1.35. The fourth-order valence-electron chi connectivity index (χ4n) is 4.16. The van der Waals surface area contributed by atoms with Gasteiger partial charge in [-0.3, -0.25) is 9.59 Å². The number of aromatic nitrogens is 5. The number of aromatic amines is 1. The maximum absolute atomic E-state index is 14.1. The van der Waals surface area contributed by atoms with E-state index < -0.39 is 23.1 Å². The number of hydrogen-bond donors (Lipinski definition) is 1. The van der Waals surface area contributed by atoms with E-state index in [0.29, 0.717) is 43.5 Å². The van der Waals surface area contributed by atoms with Gasteiger partial charge >= 0.3 is 0 Å². The Labute approximate surface area is 186 Å². The molecule has 2 aromatic carbocycles. The van der Waals surface area contributed by atoms with Crippen molar-refractivity contribution in [1.82, 2.24) is 29.9 Å². The van der Waals surface area contributed by atoms with Crippen LogP contribution in [0.15, 0.2) is 53.3 Å². The highest BCUT2D eigenvalue weighted by Gasteiger charge is 2.29. The standard InChI is InChI=1S/C23H20F2N6O2/c24-16-8-9-17(18(25)11-16)23(33)30-10-4-7-15(13-30)20-26-21-19(22(32)27-20)28-29-31(21)12-14-5-2-1-3-6-14/h1-3,5-6,8-9,11,15H,4,7,10,12-13H2,(H,26,27,32). The Morgan fingerprint density at radius 1 is 1.15 bits per heavy atom. The second-order valence-corrected chi connectivity index (χ2v) is 8.07. The Kier molecular flexibility index (Phi) is 5.41. The van der Waals surface area contributed by atoms with Gasteiger partial charge in [-0.2, -0.15) is 0 Å². The van der Waals surface area contributed by atoms with Gasteiger partial charge in [-0.25, -0.2) is 18.4 Å². The first-order valence-electron chi connectivity index (χ1n) is 10.6. The van der Waals surface area contributed by atoms with Gasteiger partial charge in [0.1, 0.15) is 17.5 Å². The fraction of sp³-hybridized carbons (Fsp3) is 0.261. The van der Waals surface area contributed by atoms with Crippen molar-refractivity contribution in [3.05, 3.63) is 87.5 Å². The maximum Gasteiger partial charge on any atom is 0.281 e. The summed E-state index contributed by atoms with van der Waals surface area (Å²) in [5.74, 6) is -1.97. The number of hydrogen-bond acceptors (Lipinski definition) is 5. The van der Waals surface area contributed by atoms with E-state index in [-0.39, 0.29) is 23.5 Å². The van der Waals surface area contributed by atoms with Crippen molar-refractivity contribution in [2.24, 2.45) is 0 Å². The smallest absolute Gasteiger partial charge is 0.281 e. The summed E-state index contributed by atoms with van der Waals surface area (Å²) in [6, 6.07) is 12.5. The largest absolute Gasteiger partial charge is 0.338 e. The Hall–Kier alpha value is -3.95. The molecule has 10 heteroatoms. The lowest BCUT2D eigenvalue weighted by Crippen LogP contribution is -2.40. The topological polar surface area (TPSA) is 96.8 Å². The molecule has 1 aliphatic heterocycles. The Bertz CT molecular complexity index is 1380. The van der Waals surface area contributed by atoms with E-state index in [1.54, 1.807) is 4.68 Å². The minimum Gasteiger partial charge on any atom is -0.338 e. The lowest BCUT2D eigenvalue weighted by Gasteiger charge is -2.32. The zero-order chi connectivity index (χ0) is 22.9. The summed E-state index contributed by atoms with van der Waals surface area (Å²) in [6.45, 7) is 1.10. The SMILES string of the molecule is O=C(c1ccc(F)cc1F)N1CCCC(c2nc3c(nnn3Cc3ccccc3)c(=O)[nH]2)C1. The molecule has 1 N–H and O–H groups in total. The highest BCUT2D eigenvalue weighted by molar-refractivity contribution is 5.94. The van der Waals surface area contributed by atoms with Crippen LogP contribution in [-0.4, -0.2) is 48.9 Å². The molecule has 3 heterocycles. The summed E-state index contributed by atoms with van der Waals surface area (Å²) in [4.78, 5) is 34.4. The molecule has 0 bridgehead atoms. The van der Waals surface area contributed by atoms with Crippen LogP contribution in [0.25, 0.3) is 11.2 Å². The number of nitrogens with zero attached hydrogens (tertiary/aromatic N) is 5. The summed E-state index contributed by atoms with van der Waals surface area (Å²) in [5, 5.41) is 8.05. The van der Waals surface area contributed by atoms with Crippen LogP contribution < -0.4 is 5.56 Å². The summed E-state index contributed by atoms with van der Waals surface area (Å²) in [7, 11) is 0. The molecule has 4 aromatic rings. The lowest BCUT2D eigenvalue weighted by molar-refractivity contribution is 0.0699.